The molecule has 0 aliphatic carbocycles. The number of nitrogens with one attached hydrogen (secondary N) is 1. The van der Waals surface area contributed by atoms with Gasteiger partial charge in [0.05, 0.1) is 12.3 Å². The Hall–Kier alpha value is -2.60. The summed E-state index contributed by atoms with van der Waals surface area (Å²) in [5, 5.41) is 12.1. The highest BCUT2D eigenvalue weighted by molar-refractivity contribution is 7.99. The van der Waals surface area contributed by atoms with Crippen molar-refractivity contribution >= 4 is 23.4 Å². The number of carbonyl (C=O) groups excluding carboxylic acids is 1. The second-order valence-electron chi connectivity index (χ2n) is 6.19. The van der Waals surface area contributed by atoms with Crippen molar-refractivity contribution in [3.8, 4) is 0 Å². The van der Waals surface area contributed by atoms with Crippen LogP contribution in [0, 0.1) is 20.8 Å². The smallest absolute Gasteiger partial charge is 0.234 e. The zero-order valence-electron chi connectivity index (χ0n) is 15.2. The van der Waals surface area contributed by atoms with Crippen LogP contribution in [0.15, 0.2) is 53.7 Å². The fraction of sp³-hybridized carbons (Fsp3) is 0.250. The van der Waals surface area contributed by atoms with E-state index in [2.05, 4.69) is 27.6 Å². The van der Waals surface area contributed by atoms with Crippen LogP contribution in [-0.4, -0.2) is 26.4 Å². The minimum atomic E-state index is -0.0457. The average molecular weight is 366 g/mol. The Balaban J connectivity index is 1.65. The van der Waals surface area contributed by atoms with Crippen molar-refractivity contribution in [2.45, 2.75) is 32.5 Å². The van der Waals surface area contributed by atoms with Gasteiger partial charge in [-0.05, 0) is 43.5 Å². The van der Waals surface area contributed by atoms with Crippen LogP contribution < -0.4 is 5.32 Å². The number of aromatic nitrogens is 3. The third-order valence-electron chi connectivity index (χ3n) is 4.30. The summed E-state index contributed by atoms with van der Waals surface area (Å²) in [6, 6.07) is 16.1. The number of anilines is 1. The highest BCUT2D eigenvalue weighted by atomic mass is 32.2. The summed E-state index contributed by atoms with van der Waals surface area (Å²) in [5.41, 5.74) is 4.29. The maximum Gasteiger partial charge on any atom is 0.234 e. The van der Waals surface area contributed by atoms with E-state index in [-0.39, 0.29) is 5.91 Å². The molecular weight excluding hydrogens is 344 g/mol. The highest BCUT2D eigenvalue weighted by Crippen LogP contribution is 2.21. The number of carbonyl (C=O) groups is 1. The average Bonchev–Trinajstić information content (AvgIpc) is 2.98. The third kappa shape index (κ3) is 4.32. The van der Waals surface area contributed by atoms with Crippen molar-refractivity contribution in [1.29, 1.82) is 0 Å². The molecule has 0 bridgehead atoms. The maximum absolute atomic E-state index is 12.3. The molecule has 0 fully saturated rings. The van der Waals surface area contributed by atoms with E-state index in [4.69, 9.17) is 0 Å². The van der Waals surface area contributed by atoms with Crippen LogP contribution in [0.25, 0.3) is 0 Å². The lowest BCUT2D eigenvalue weighted by atomic mass is 10.1. The first-order valence-electron chi connectivity index (χ1n) is 8.47. The number of thioether (sulfide) groups is 1. The van der Waals surface area contributed by atoms with Gasteiger partial charge in [0.2, 0.25) is 5.91 Å². The number of rotatable bonds is 6. The topological polar surface area (TPSA) is 59.8 Å². The van der Waals surface area contributed by atoms with Crippen molar-refractivity contribution in [1.82, 2.24) is 14.8 Å². The molecule has 2 aromatic carbocycles. The number of nitrogens with zero attached hydrogens (tertiary/aromatic N) is 3. The van der Waals surface area contributed by atoms with Gasteiger partial charge >= 0.3 is 0 Å². The molecule has 0 radical (unpaired) electrons. The van der Waals surface area contributed by atoms with Gasteiger partial charge in [-0.15, -0.1) is 10.2 Å². The molecule has 0 saturated carbocycles. The summed E-state index contributed by atoms with van der Waals surface area (Å²) in [4.78, 5) is 12.3. The SMILES string of the molecule is Cc1cccc(NC(=O)CSc2nnc(C)n2Cc2ccccc2)c1C. The number of aryl methyl sites for hydroxylation is 2. The van der Waals surface area contributed by atoms with Gasteiger partial charge in [-0.3, -0.25) is 4.79 Å². The lowest BCUT2D eigenvalue weighted by Gasteiger charge is -2.11. The van der Waals surface area contributed by atoms with Crippen molar-refractivity contribution in [2.24, 2.45) is 0 Å². The molecule has 134 valence electrons. The van der Waals surface area contributed by atoms with E-state index >= 15 is 0 Å². The maximum atomic E-state index is 12.3. The lowest BCUT2D eigenvalue weighted by Crippen LogP contribution is -2.15. The van der Waals surface area contributed by atoms with Gasteiger partial charge < -0.3 is 9.88 Å². The first-order valence-corrected chi connectivity index (χ1v) is 9.45. The van der Waals surface area contributed by atoms with E-state index in [1.54, 1.807) is 0 Å². The van der Waals surface area contributed by atoms with E-state index in [0.717, 1.165) is 27.8 Å². The molecule has 1 N–H and O–H groups in total. The molecule has 5 nitrogen and oxygen atoms in total. The molecule has 0 saturated heterocycles. The summed E-state index contributed by atoms with van der Waals surface area (Å²) >= 11 is 1.40. The summed E-state index contributed by atoms with van der Waals surface area (Å²) in [7, 11) is 0. The van der Waals surface area contributed by atoms with Crippen molar-refractivity contribution in [2.75, 3.05) is 11.1 Å². The molecule has 0 spiro atoms. The first kappa shape index (κ1) is 18.2. The van der Waals surface area contributed by atoms with Gasteiger partial charge in [0, 0.05) is 5.69 Å². The predicted molar refractivity (Wildman–Crippen MR) is 106 cm³/mol. The van der Waals surface area contributed by atoms with Crippen molar-refractivity contribution < 1.29 is 4.79 Å². The number of benzene rings is 2. The Labute approximate surface area is 157 Å². The Morgan fingerprint density at radius 1 is 1.04 bits per heavy atom. The van der Waals surface area contributed by atoms with E-state index < -0.39 is 0 Å². The van der Waals surface area contributed by atoms with Gasteiger partial charge in [0.15, 0.2) is 5.16 Å². The monoisotopic (exact) mass is 366 g/mol. The normalized spacial score (nSPS) is 10.7. The minimum Gasteiger partial charge on any atom is -0.325 e. The van der Waals surface area contributed by atoms with Gasteiger partial charge in [-0.1, -0.05) is 54.2 Å². The molecule has 1 amide bonds. The van der Waals surface area contributed by atoms with Crippen LogP contribution in [0.2, 0.25) is 0 Å². The van der Waals surface area contributed by atoms with Crippen LogP contribution in [0.3, 0.4) is 0 Å². The predicted octanol–water partition coefficient (Wildman–Crippen LogP) is 3.98. The second-order valence-corrected chi connectivity index (χ2v) is 7.13. The summed E-state index contributed by atoms with van der Waals surface area (Å²) in [6.45, 7) is 6.67. The molecule has 3 aromatic rings. The minimum absolute atomic E-state index is 0.0457. The largest absolute Gasteiger partial charge is 0.325 e. The van der Waals surface area contributed by atoms with Gasteiger partial charge in [0.1, 0.15) is 5.82 Å². The molecule has 1 heterocycles. The summed E-state index contributed by atoms with van der Waals surface area (Å²) in [5.74, 6) is 1.09. The zero-order valence-corrected chi connectivity index (χ0v) is 16.0. The standard InChI is InChI=1S/C20H22N4OS/c1-14-8-7-11-18(15(14)2)21-19(25)13-26-20-23-22-16(3)24(20)12-17-9-5-4-6-10-17/h4-11H,12-13H2,1-3H3,(H,21,25). The first-order chi connectivity index (χ1) is 12.5. The summed E-state index contributed by atoms with van der Waals surface area (Å²) in [6.07, 6.45) is 0. The van der Waals surface area contributed by atoms with E-state index in [1.807, 2.05) is 61.7 Å². The third-order valence-corrected chi connectivity index (χ3v) is 5.26. The molecule has 0 aliphatic rings. The molecular formula is C20H22N4OS. The Kier molecular flexibility index (Phi) is 5.73. The number of hydrogen-bond acceptors (Lipinski definition) is 4. The molecule has 0 aliphatic heterocycles. The Morgan fingerprint density at radius 2 is 1.81 bits per heavy atom. The van der Waals surface area contributed by atoms with E-state index in [0.29, 0.717) is 12.3 Å². The number of hydrogen-bond donors (Lipinski definition) is 1. The molecule has 3 rings (SSSR count). The Bertz CT molecular complexity index is 905. The molecule has 26 heavy (non-hydrogen) atoms. The molecule has 6 heteroatoms. The molecule has 1 aromatic heterocycles. The quantitative estimate of drug-likeness (QED) is 0.670. The van der Waals surface area contributed by atoms with Crippen molar-refractivity contribution in [3.05, 3.63) is 71.0 Å². The van der Waals surface area contributed by atoms with E-state index in [1.165, 1.54) is 17.3 Å². The van der Waals surface area contributed by atoms with Crippen LogP contribution >= 0.6 is 11.8 Å². The van der Waals surface area contributed by atoms with Crippen LogP contribution in [0.1, 0.15) is 22.5 Å². The van der Waals surface area contributed by atoms with Gasteiger partial charge in [0.25, 0.3) is 0 Å². The second kappa shape index (κ2) is 8.19. The summed E-state index contributed by atoms with van der Waals surface area (Å²) < 4.78 is 2.03. The van der Waals surface area contributed by atoms with Gasteiger partial charge in [-0.2, -0.15) is 0 Å². The van der Waals surface area contributed by atoms with Crippen LogP contribution in [-0.2, 0) is 11.3 Å². The van der Waals surface area contributed by atoms with Gasteiger partial charge in [-0.25, -0.2) is 0 Å². The zero-order chi connectivity index (χ0) is 18.5. The lowest BCUT2D eigenvalue weighted by molar-refractivity contribution is -0.113. The molecule has 0 unspecified atom stereocenters. The fourth-order valence-corrected chi connectivity index (χ4v) is 3.40. The van der Waals surface area contributed by atoms with Crippen LogP contribution in [0.4, 0.5) is 5.69 Å². The Morgan fingerprint density at radius 3 is 2.58 bits per heavy atom. The highest BCUT2D eigenvalue weighted by Gasteiger charge is 2.13. The van der Waals surface area contributed by atoms with E-state index in [9.17, 15) is 4.79 Å². The number of amides is 1. The van der Waals surface area contributed by atoms with Crippen LogP contribution in [0.5, 0.6) is 0 Å². The van der Waals surface area contributed by atoms with Crippen molar-refractivity contribution in [3.63, 3.8) is 0 Å². The molecule has 0 atom stereocenters. The fourth-order valence-electron chi connectivity index (χ4n) is 2.62.